The second-order valence-electron chi connectivity index (χ2n) is 4.06. The zero-order chi connectivity index (χ0) is 10.5. The van der Waals surface area contributed by atoms with E-state index in [-0.39, 0.29) is 0 Å². The van der Waals surface area contributed by atoms with E-state index in [2.05, 4.69) is 27.1 Å². The molecule has 1 aliphatic rings. The topological polar surface area (TPSA) is 41.0 Å². The predicted octanol–water partition coefficient (Wildman–Crippen LogP) is 0.485. The predicted molar refractivity (Wildman–Crippen MR) is 59.8 cm³/mol. The number of nitrogens with one attached hydrogen (secondary N) is 1. The van der Waals surface area contributed by atoms with Gasteiger partial charge in [0.15, 0.2) is 0 Å². The highest BCUT2D eigenvalue weighted by Crippen LogP contribution is 2.11. The molecule has 4 heteroatoms. The van der Waals surface area contributed by atoms with E-state index in [4.69, 9.17) is 0 Å². The summed E-state index contributed by atoms with van der Waals surface area (Å²) < 4.78 is 0. The minimum Gasteiger partial charge on any atom is -0.314 e. The molecule has 2 heterocycles. The second kappa shape index (κ2) is 5.19. The molecule has 0 aromatic carbocycles. The van der Waals surface area contributed by atoms with Crippen molar-refractivity contribution in [1.29, 1.82) is 0 Å². The molecular weight excluding hydrogens is 188 g/mol. The smallest absolute Gasteiger partial charge is 0.132 e. The number of piperazine rings is 1. The van der Waals surface area contributed by atoms with Gasteiger partial charge in [-0.25, -0.2) is 9.97 Å². The monoisotopic (exact) mass is 206 g/mol. The SMILES string of the molecule is CC(CN1CCNCC1)c1ncccn1. The molecule has 1 aromatic rings. The fraction of sp³-hybridized carbons (Fsp3) is 0.636. The summed E-state index contributed by atoms with van der Waals surface area (Å²) in [5.41, 5.74) is 0. The van der Waals surface area contributed by atoms with Crippen LogP contribution in [-0.4, -0.2) is 47.6 Å². The van der Waals surface area contributed by atoms with Crippen LogP contribution in [-0.2, 0) is 0 Å². The van der Waals surface area contributed by atoms with Crippen LogP contribution in [0.5, 0.6) is 0 Å². The molecule has 0 spiro atoms. The van der Waals surface area contributed by atoms with Crippen molar-refractivity contribution < 1.29 is 0 Å². The molecule has 15 heavy (non-hydrogen) atoms. The van der Waals surface area contributed by atoms with E-state index in [0.717, 1.165) is 38.5 Å². The first kappa shape index (κ1) is 10.5. The van der Waals surface area contributed by atoms with Crippen LogP contribution in [0, 0.1) is 0 Å². The van der Waals surface area contributed by atoms with Crippen molar-refractivity contribution in [2.24, 2.45) is 0 Å². The number of hydrogen-bond acceptors (Lipinski definition) is 4. The summed E-state index contributed by atoms with van der Waals surface area (Å²) in [5, 5.41) is 3.35. The Hall–Kier alpha value is -1.00. The molecule has 1 aromatic heterocycles. The van der Waals surface area contributed by atoms with Gasteiger partial charge < -0.3 is 10.2 Å². The van der Waals surface area contributed by atoms with Gasteiger partial charge in [0, 0.05) is 51.0 Å². The van der Waals surface area contributed by atoms with Crippen LogP contribution in [0.4, 0.5) is 0 Å². The Bertz CT molecular complexity index is 282. The van der Waals surface area contributed by atoms with Crippen LogP contribution in [0.3, 0.4) is 0 Å². The second-order valence-corrected chi connectivity index (χ2v) is 4.06. The van der Waals surface area contributed by atoms with Gasteiger partial charge in [0.25, 0.3) is 0 Å². The van der Waals surface area contributed by atoms with E-state index in [9.17, 15) is 0 Å². The summed E-state index contributed by atoms with van der Waals surface area (Å²) in [4.78, 5) is 11.1. The largest absolute Gasteiger partial charge is 0.314 e. The van der Waals surface area contributed by atoms with Crippen molar-refractivity contribution in [3.63, 3.8) is 0 Å². The Morgan fingerprint density at radius 2 is 2.00 bits per heavy atom. The standard InChI is InChI=1S/C11H18N4/c1-10(11-13-3-2-4-14-11)9-15-7-5-12-6-8-15/h2-4,10,12H,5-9H2,1H3. The van der Waals surface area contributed by atoms with E-state index < -0.39 is 0 Å². The first-order valence-corrected chi connectivity index (χ1v) is 5.56. The van der Waals surface area contributed by atoms with Gasteiger partial charge in [-0.2, -0.15) is 0 Å². The maximum atomic E-state index is 4.29. The van der Waals surface area contributed by atoms with Crippen LogP contribution in [0.2, 0.25) is 0 Å². The van der Waals surface area contributed by atoms with Crippen LogP contribution in [0.25, 0.3) is 0 Å². The Morgan fingerprint density at radius 3 is 2.67 bits per heavy atom. The third-order valence-electron chi connectivity index (χ3n) is 2.77. The summed E-state index contributed by atoms with van der Waals surface area (Å²) in [6.45, 7) is 7.72. The summed E-state index contributed by atoms with van der Waals surface area (Å²) in [5.74, 6) is 1.38. The Balaban J connectivity index is 1.88. The van der Waals surface area contributed by atoms with Gasteiger partial charge in [-0.15, -0.1) is 0 Å². The summed E-state index contributed by atoms with van der Waals surface area (Å²) >= 11 is 0. The highest BCUT2D eigenvalue weighted by Gasteiger charge is 2.15. The highest BCUT2D eigenvalue weighted by molar-refractivity contribution is 4.96. The van der Waals surface area contributed by atoms with E-state index in [1.54, 1.807) is 0 Å². The van der Waals surface area contributed by atoms with E-state index in [0.29, 0.717) is 5.92 Å². The van der Waals surface area contributed by atoms with E-state index in [1.165, 1.54) is 0 Å². The molecule has 82 valence electrons. The van der Waals surface area contributed by atoms with Gasteiger partial charge in [-0.3, -0.25) is 0 Å². The summed E-state index contributed by atoms with van der Waals surface area (Å²) in [6.07, 6.45) is 3.63. The van der Waals surface area contributed by atoms with Gasteiger partial charge in [-0.1, -0.05) is 6.92 Å². The number of hydrogen-bond donors (Lipinski definition) is 1. The lowest BCUT2D eigenvalue weighted by atomic mass is 10.1. The molecule has 0 saturated carbocycles. The average molecular weight is 206 g/mol. The summed E-state index contributed by atoms with van der Waals surface area (Å²) in [7, 11) is 0. The minimum absolute atomic E-state index is 0.421. The molecule has 0 bridgehead atoms. The fourth-order valence-corrected chi connectivity index (χ4v) is 1.93. The zero-order valence-electron chi connectivity index (χ0n) is 9.19. The van der Waals surface area contributed by atoms with Crippen molar-refractivity contribution >= 4 is 0 Å². The average Bonchev–Trinajstić information content (AvgIpc) is 2.31. The van der Waals surface area contributed by atoms with Crippen molar-refractivity contribution in [3.8, 4) is 0 Å². The lowest BCUT2D eigenvalue weighted by Crippen LogP contribution is -2.44. The van der Waals surface area contributed by atoms with E-state index in [1.807, 2.05) is 18.5 Å². The Morgan fingerprint density at radius 1 is 1.33 bits per heavy atom. The highest BCUT2D eigenvalue weighted by atomic mass is 15.2. The molecular formula is C11H18N4. The Labute approximate surface area is 90.7 Å². The van der Waals surface area contributed by atoms with Crippen molar-refractivity contribution in [3.05, 3.63) is 24.3 Å². The number of aromatic nitrogens is 2. The first-order valence-electron chi connectivity index (χ1n) is 5.56. The van der Waals surface area contributed by atoms with Crippen LogP contribution in [0.1, 0.15) is 18.7 Å². The third kappa shape index (κ3) is 2.97. The van der Waals surface area contributed by atoms with Gasteiger partial charge in [-0.05, 0) is 6.07 Å². The van der Waals surface area contributed by atoms with Gasteiger partial charge in [0.1, 0.15) is 5.82 Å². The van der Waals surface area contributed by atoms with E-state index >= 15 is 0 Å². The molecule has 1 N–H and O–H groups in total. The quantitative estimate of drug-likeness (QED) is 0.781. The Kier molecular flexibility index (Phi) is 3.64. The molecule has 1 saturated heterocycles. The molecule has 1 aliphatic heterocycles. The molecule has 1 unspecified atom stereocenters. The van der Waals surface area contributed by atoms with Gasteiger partial charge in [0.05, 0.1) is 0 Å². The first-order chi connectivity index (χ1) is 7.36. The molecule has 0 aliphatic carbocycles. The van der Waals surface area contributed by atoms with Gasteiger partial charge >= 0.3 is 0 Å². The molecule has 2 rings (SSSR count). The molecule has 1 atom stereocenters. The van der Waals surface area contributed by atoms with Crippen LogP contribution >= 0.6 is 0 Å². The third-order valence-corrected chi connectivity index (χ3v) is 2.77. The normalized spacial score (nSPS) is 20.1. The zero-order valence-corrected chi connectivity index (χ0v) is 9.19. The lowest BCUT2D eigenvalue weighted by molar-refractivity contribution is 0.228. The molecule has 0 amide bonds. The van der Waals surface area contributed by atoms with Crippen molar-refractivity contribution in [2.45, 2.75) is 12.8 Å². The minimum atomic E-state index is 0.421. The van der Waals surface area contributed by atoms with Crippen LogP contribution in [0.15, 0.2) is 18.5 Å². The lowest BCUT2D eigenvalue weighted by Gasteiger charge is -2.29. The number of rotatable bonds is 3. The summed E-state index contributed by atoms with van der Waals surface area (Å²) in [6, 6.07) is 1.86. The molecule has 0 radical (unpaired) electrons. The van der Waals surface area contributed by atoms with Crippen LogP contribution < -0.4 is 5.32 Å². The fourth-order valence-electron chi connectivity index (χ4n) is 1.93. The van der Waals surface area contributed by atoms with Gasteiger partial charge in [0.2, 0.25) is 0 Å². The number of nitrogens with zero attached hydrogens (tertiary/aromatic N) is 3. The maximum absolute atomic E-state index is 4.29. The van der Waals surface area contributed by atoms with Crippen molar-refractivity contribution in [1.82, 2.24) is 20.2 Å². The van der Waals surface area contributed by atoms with Crippen molar-refractivity contribution in [2.75, 3.05) is 32.7 Å². The molecule has 1 fully saturated rings. The maximum Gasteiger partial charge on any atom is 0.132 e. The molecule has 4 nitrogen and oxygen atoms in total.